The van der Waals surface area contributed by atoms with Crippen molar-refractivity contribution in [2.45, 2.75) is 0 Å². The number of hydrogen-bond donors (Lipinski definition) is 2. The van der Waals surface area contributed by atoms with Crippen LogP contribution in [0.2, 0.25) is 0 Å². The Morgan fingerprint density at radius 3 is 2.29 bits per heavy atom. The molecule has 0 saturated carbocycles. The van der Waals surface area contributed by atoms with Gasteiger partial charge in [-0.2, -0.15) is 0 Å². The monoisotopic (exact) mass is 199 g/mol. The first-order valence-corrected chi connectivity index (χ1v) is 3.67. The second-order valence-corrected chi connectivity index (χ2v) is 2.34. The molecule has 76 valence electrons. The zero-order chi connectivity index (χ0) is 10.6. The standard InChI is InChI=1S/C8H9NO5/c1-13-8(10)14-7-4-2-6(3-5-7)9(11)12/h2-5,11-12H,1H3. The molecule has 0 spiro atoms. The molecule has 0 heterocycles. The van der Waals surface area contributed by atoms with Crippen LogP contribution >= 0.6 is 0 Å². The van der Waals surface area contributed by atoms with Gasteiger partial charge in [-0.25, -0.2) is 4.79 Å². The Kier molecular flexibility index (Phi) is 3.27. The molecule has 14 heavy (non-hydrogen) atoms. The van der Waals surface area contributed by atoms with Crippen molar-refractivity contribution < 1.29 is 24.7 Å². The van der Waals surface area contributed by atoms with Crippen molar-refractivity contribution in [2.75, 3.05) is 12.3 Å². The van der Waals surface area contributed by atoms with Crippen LogP contribution in [0.3, 0.4) is 0 Å². The van der Waals surface area contributed by atoms with Crippen molar-refractivity contribution in [3.05, 3.63) is 24.3 Å². The van der Waals surface area contributed by atoms with E-state index < -0.39 is 6.16 Å². The maximum absolute atomic E-state index is 10.6. The third-order valence-corrected chi connectivity index (χ3v) is 1.44. The Morgan fingerprint density at radius 1 is 1.29 bits per heavy atom. The highest BCUT2D eigenvalue weighted by atomic mass is 16.8. The average molecular weight is 199 g/mol. The van der Waals surface area contributed by atoms with E-state index in [9.17, 15) is 4.79 Å². The first kappa shape index (κ1) is 10.3. The van der Waals surface area contributed by atoms with Gasteiger partial charge in [-0.15, -0.1) is 5.23 Å². The zero-order valence-corrected chi connectivity index (χ0v) is 7.38. The van der Waals surface area contributed by atoms with Gasteiger partial charge in [0.25, 0.3) is 0 Å². The summed E-state index contributed by atoms with van der Waals surface area (Å²) in [7, 11) is 1.19. The van der Waals surface area contributed by atoms with Gasteiger partial charge in [0.2, 0.25) is 0 Å². The minimum atomic E-state index is -0.831. The summed E-state index contributed by atoms with van der Waals surface area (Å²) in [5.74, 6) is 0.252. The van der Waals surface area contributed by atoms with E-state index in [1.165, 1.54) is 31.4 Å². The molecule has 0 aliphatic heterocycles. The molecule has 0 atom stereocenters. The summed E-state index contributed by atoms with van der Waals surface area (Å²) in [4.78, 5) is 10.6. The lowest BCUT2D eigenvalue weighted by Gasteiger charge is -2.08. The number of methoxy groups -OCH3 is 1. The molecule has 2 N–H and O–H groups in total. The van der Waals surface area contributed by atoms with Crippen LogP contribution in [0, 0.1) is 0 Å². The topological polar surface area (TPSA) is 79.2 Å². The van der Waals surface area contributed by atoms with Crippen LogP contribution in [0.25, 0.3) is 0 Å². The van der Waals surface area contributed by atoms with Gasteiger partial charge in [0, 0.05) is 0 Å². The normalized spacial score (nSPS) is 9.36. The second-order valence-electron chi connectivity index (χ2n) is 2.34. The fraction of sp³-hybridized carbons (Fsp3) is 0.125. The summed E-state index contributed by atoms with van der Waals surface area (Å²) in [5.41, 5.74) is 0.155. The highest BCUT2D eigenvalue weighted by molar-refractivity contribution is 5.63. The molecule has 0 aliphatic rings. The number of carbonyl (C=O) groups excluding carboxylic acids is 1. The Hall–Kier alpha value is -1.79. The third-order valence-electron chi connectivity index (χ3n) is 1.44. The molecule has 0 radical (unpaired) electrons. The van der Waals surface area contributed by atoms with Crippen LogP contribution in [-0.4, -0.2) is 23.7 Å². The third kappa shape index (κ3) is 2.61. The van der Waals surface area contributed by atoms with Gasteiger partial charge in [-0.1, -0.05) is 0 Å². The lowest BCUT2D eigenvalue weighted by Crippen LogP contribution is -2.11. The molecule has 0 bridgehead atoms. The maximum Gasteiger partial charge on any atom is 0.513 e. The van der Waals surface area contributed by atoms with Gasteiger partial charge in [0.1, 0.15) is 5.75 Å². The molecule has 0 aliphatic carbocycles. The summed E-state index contributed by atoms with van der Waals surface area (Å²) in [6, 6.07) is 5.51. The molecule has 1 aromatic carbocycles. The van der Waals surface area contributed by atoms with E-state index in [1.807, 2.05) is 0 Å². The van der Waals surface area contributed by atoms with Crippen LogP contribution in [0.5, 0.6) is 5.75 Å². The van der Waals surface area contributed by atoms with E-state index in [-0.39, 0.29) is 16.7 Å². The number of rotatable bonds is 2. The van der Waals surface area contributed by atoms with E-state index >= 15 is 0 Å². The lowest BCUT2D eigenvalue weighted by atomic mass is 10.3. The van der Waals surface area contributed by atoms with Gasteiger partial charge in [-0.05, 0) is 24.3 Å². The van der Waals surface area contributed by atoms with Crippen LogP contribution < -0.4 is 9.96 Å². The van der Waals surface area contributed by atoms with Crippen LogP contribution in [0.15, 0.2) is 24.3 Å². The minimum Gasteiger partial charge on any atom is -0.437 e. The fourth-order valence-electron chi connectivity index (χ4n) is 0.785. The Bertz CT molecular complexity index is 308. The number of ether oxygens (including phenoxy) is 2. The van der Waals surface area contributed by atoms with E-state index in [0.29, 0.717) is 0 Å². The van der Waals surface area contributed by atoms with E-state index in [4.69, 9.17) is 10.4 Å². The highest BCUT2D eigenvalue weighted by Crippen LogP contribution is 2.17. The number of nitrogens with zero attached hydrogens (tertiary/aromatic N) is 1. The van der Waals surface area contributed by atoms with Crippen LogP contribution in [0.1, 0.15) is 0 Å². The Labute approximate surface area is 79.8 Å². The van der Waals surface area contributed by atoms with Crippen molar-refractivity contribution in [3.8, 4) is 5.75 Å². The summed E-state index contributed by atoms with van der Waals surface area (Å²) >= 11 is 0. The Morgan fingerprint density at radius 2 is 1.86 bits per heavy atom. The lowest BCUT2D eigenvalue weighted by molar-refractivity contribution is 0.0291. The molecule has 1 rings (SSSR count). The molecule has 0 aromatic heterocycles. The SMILES string of the molecule is COC(=O)Oc1ccc(N(O)O)cc1. The zero-order valence-electron chi connectivity index (χ0n) is 7.38. The fourth-order valence-corrected chi connectivity index (χ4v) is 0.785. The van der Waals surface area contributed by atoms with Gasteiger partial charge in [-0.3, -0.25) is 10.4 Å². The predicted molar refractivity (Wildman–Crippen MR) is 45.5 cm³/mol. The largest absolute Gasteiger partial charge is 0.513 e. The van der Waals surface area contributed by atoms with E-state index in [2.05, 4.69) is 9.47 Å². The molecular weight excluding hydrogens is 190 g/mol. The molecule has 0 saturated heterocycles. The van der Waals surface area contributed by atoms with E-state index in [0.717, 1.165) is 0 Å². The second kappa shape index (κ2) is 4.45. The number of benzene rings is 1. The predicted octanol–water partition coefficient (Wildman–Crippen LogP) is 1.42. The van der Waals surface area contributed by atoms with Crippen molar-refractivity contribution in [1.82, 2.24) is 0 Å². The average Bonchev–Trinajstić information content (AvgIpc) is 2.18. The summed E-state index contributed by atoms with van der Waals surface area (Å²) in [6.07, 6.45) is -0.831. The van der Waals surface area contributed by atoms with Gasteiger partial charge in [0.15, 0.2) is 0 Å². The van der Waals surface area contributed by atoms with Crippen LogP contribution in [-0.2, 0) is 4.74 Å². The van der Waals surface area contributed by atoms with Crippen molar-refractivity contribution in [1.29, 1.82) is 0 Å². The Balaban J connectivity index is 2.69. The van der Waals surface area contributed by atoms with Gasteiger partial charge in [0.05, 0.1) is 12.8 Å². The van der Waals surface area contributed by atoms with Crippen LogP contribution in [0.4, 0.5) is 10.5 Å². The number of carbonyl (C=O) groups is 1. The number of hydrogen-bond acceptors (Lipinski definition) is 6. The molecule has 0 unspecified atom stereocenters. The summed E-state index contributed by atoms with van der Waals surface area (Å²) in [5, 5.41) is 17.2. The van der Waals surface area contributed by atoms with E-state index in [1.54, 1.807) is 0 Å². The quantitative estimate of drug-likeness (QED) is 0.426. The molecule has 6 nitrogen and oxygen atoms in total. The maximum atomic E-state index is 10.6. The molecule has 1 aromatic rings. The van der Waals surface area contributed by atoms with Gasteiger partial charge >= 0.3 is 6.16 Å². The molecular formula is C8H9NO5. The molecule has 0 fully saturated rings. The number of anilines is 1. The smallest absolute Gasteiger partial charge is 0.437 e. The summed E-state index contributed by atoms with van der Waals surface area (Å²) in [6.45, 7) is 0. The van der Waals surface area contributed by atoms with Gasteiger partial charge < -0.3 is 9.47 Å². The first-order valence-electron chi connectivity index (χ1n) is 3.67. The minimum absolute atomic E-state index is 0.0398. The van der Waals surface area contributed by atoms with Crippen molar-refractivity contribution in [2.24, 2.45) is 0 Å². The highest BCUT2D eigenvalue weighted by Gasteiger charge is 2.04. The first-order chi connectivity index (χ1) is 6.63. The van der Waals surface area contributed by atoms with Crippen molar-refractivity contribution in [3.63, 3.8) is 0 Å². The van der Waals surface area contributed by atoms with Crippen molar-refractivity contribution >= 4 is 11.8 Å². The summed E-state index contributed by atoms with van der Waals surface area (Å²) < 4.78 is 8.92. The molecule has 6 heteroatoms. The molecule has 0 amide bonds.